The van der Waals surface area contributed by atoms with E-state index in [4.69, 9.17) is 0 Å². The van der Waals surface area contributed by atoms with Crippen LogP contribution in [0.2, 0.25) is 0 Å². The van der Waals surface area contributed by atoms with Crippen LogP contribution in [0, 0.1) is 0 Å². The molecule has 0 atom stereocenters. The first-order valence-electron chi connectivity index (χ1n) is 24.3. The monoisotopic (exact) mass is 908 g/mol. The fourth-order valence-corrected chi connectivity index (χ4v) is 11.2. The van der Waals surface area contributed by atoms with E-state index in [2.05, 4.69) is 310 Å². The molecule has 1 aliphatic rings. The summed E-state index contributed by atoms with van der Waals surface area (Å²) in [7, 11) is 0. The smallest absolute Gasteiger partial charge is 0.0742 e. The largest absolute Gasteiger partial charge is 0.310 e. The van der Waals surface area contributed by atoms with Crippen LogP contribution in [-0.2, 0) is 5.41 Å². The van der Waals surface area contributed by atoms with Crippen molar-refractivity contribution in [2.24, 2.45) is 0 Å². The van der Waals surface area contributed by atoms with Crippen molar-refractivity contribution in [2.45, 2.75) is 5.41 Å². The van der Waals surface area contributed by atoms with Gasteiger partial charge in [-0.3, -0.25) is 0 Å². The lowest BCUT2D eigenvalue weighted by molar-refractivity contribution is 0.731. The van der Waals surface area contributed by atoms with Crippen molar-refractivity contribution in [1.29, 1.82) is 0 Å². The van der Waals surface area contributed by atoms with Gasteiger partial charge in [-0.05, 0) is 125 Å². The number of rotatable bonds is 10. The molecule has 0 radical (unpaired) electrons. The van der Waals surface area contributed by atoms with Crippen molar-refractivity contribution >= 4 is 73.0 Å². The Morgan fingerprint density at radius 1 is 0.268 bits per heavy atom. The number of para-hydroxylation sites is 7. The lowest BCUT2D eigenvalue weighted by Gasteiger charge is -2.46. The topological polar surface area (TPSA) is 14.7 Å². The van der Waals surface area contributed by atoms with Crippen molar-refractivity contribution in [2.75, 3.05) is 14.7 Å². The first-order valence-corrected chi connectivity index (χ1v) is 24.3. The number of anilines is 9. The zero-order valence-corrected chi connectivity index (χ0v) is 39.0. The second-order valence-electron chi connectivity index (χ2n) is 18.1. The van der Waals surface area contributed by atoms with Gasteiger partial charge in [-0.2, -0.15) is 0 Å². The predicted octanol–water partition coefficient (Wildman–Crippen LogP) is 17.9. The van der Waals surface area contributed by atoms with Gasteiger partial charge in [0.2, 0.25) is 0 Å². The van der Waals surface area contributed by atoms with E-state index in [1.165, 1.54) is 33.0 Å². The van der Waals surface area contributed by atoms with Crippen LogP contribution in [0.5, 0.6) is 0 Å². The molecule has 1 aliphatic heterocycles. The highest BCUT2D eigenvalue weighted by atomic mass is 15.2. The summed E-state index contributed by atoms with van der Waals surface area (Å²) in [6.07, 6.45) is 0. The van der Waals surface area contributed by atoms with Gasteiger partial charge in [0.05, 0.1) is 44.9 Å². The average molecular weight is 909 g/mol. The molecule has 0 saturated carbocycles. The second-order valence-corrected chi connectivity index (χ2v) is 18.1. The maximum absolute atomic E-state index is 2.50. The SMILES string of the molecule is c1ccc(N(c2ccccc2)c2cc(N3c4ccccc4C(c4ccccc4)(c4ccccc4)c4ccccc43)cc(-n3c4ccccc4c4cc(N(c5ccccc5)c5ccccc5)ccc43)c2)cc1. The van der Waals surface area contributed by atoms with Crippen molar-refractivity contribution in [3.05, 3.63) is 313 Å². The van der Waals surface area contributed by atoms with E-state index in [1.807, 2.05) is 0 Å². The molecule has 336 valence electrons. The van der Waals surface area contributed by atoms with Crippen molar-refractivity contribution in [3.8, 4) is 5.69 Å². The van der Waals surface area contributed by atoms with Gasteiger partial charge in [-0.25, -0.2) is 0 Å². The number of fused-ring (bicyclic) bond motifs is 5. The summed E-state index contributed by atoms with van der Waals surface area (Å²) < 4.78 is 2.46. The fourth-order valence-electron chi connectivity index (χ4n) is 11.2. The Morgan fingerprint density at radius 2 is 0.662 bits per heavy atom. The molecule has 0 spiro atoms. The van der Waals surface area contributed by atoms with E-state index in [0.29, 0.717) is 0 Å². The molecule has 4 nitrogen and oxygen atoms in total. The molecule has 2 heterocycles. The van der Waals surface area contributed by atoms with Gasteiger partial charge in [0.25, 0.3) is 0 Å². The van der Waals surface area contributed by atoms with E-state index in [1.54, 1.807) is 0 Å². The normalized spacial score (nSPS) is 12.6. The summed E-state index contributed by atoms with van der Waals surface area (Å²) in [6, 6.07) is 106. The van der Waals surface area contributed by atoms with Crippen molar-refractivity contribution < 1.29 is 0 Å². The van der Waals surface area contributed by atoms with Gasteiger partial charge in [-0.15, -0.1) is 0 Å². The maximum atomic E-state index is 2.50. The molecule has 13 rings (SSSR count). The van der Waals surface area contributed by atoms with E-state index in [-0.39, 0.29) is 0 Å². The number of hydrogen-bond donors (Lipinski definition) is 0. The summed E-state index contributed by atoms with van der Waals surface area (Å²) in [5.74, 6) is 0. The number of nitrogens with zero attached hydrogens (tertiary/aromatic N) is 4. The molecule has 0 fully saturated rings. The van der Waals surface area contributed by atoms with E-state index in [9.17, 15) is 0 Å². The molecule has 71 heavy (non-hydrogen) atoms. The highest BCUT2D eigenvalue weighted by molar-refractivity contribution is 6.11. The lowest BCUT2D eigenvalue weighted by atomic mass is 9.62. The van der Waals surface area contributed by atoms with Crippen LogP contribution in [0.1, 0.15) is 22.3 Å². The van der Waals surface area contributed by atoms with Crippen LogP contribution in [0.4, 0.5) is 51.2 Å². The van der Waals surface area contributed by atoms with Crippen LogP contribution in [0.3, 0.4) is 0 Å². The third-order valence-corrected chi connectivity index (χ3v) is 14.1. The first-order chi connectivity index (χ1) is 35.3. The highest BCUT2D eigenvalue weighted by Crippen LogP contribution is 2.58. The van der Waals surface area contributed by atoms with Crippen LogP contribution in [0.25, 0.3) is 27.5 Å². The summed E-state index contributed by atoms with van der Waals surface area (Å²) in [5.41, 5.74) is 17.4. The standard InChI is InChI=1S/C67H48N4/c1-7-25-49(26-8-1)67(50-27-9-2-10-28-50)61-38-20-23-41-65(61)71(66-42-24-21-39-62(66)67)58-46-56(69(53-33-15-5-16-34-53)54-35-17-6-18-36-54)45-57(47-58)70-63-40-22-19-37-59(63)60-48-55(43-44-64(60)70)68(51-29-11-3-12-30-51)52-31-13-4-14-32-52/h1-48H. The minimum Gasteiger partial charge on any atom is -0.310 e. The Morgan fingerprint density at radius 3 is 1.17 bits per heavy atom. The van der Waals surface area contributed by atoms with Crippen LogP contribution in [-0.4, -0.2) is 4.57 Å². The third-order valence-electron chi connectivity index (χ3n) is 14.1. The second kappa shape index (κ2) is 17.6. The van der Waals surface area contributed by atoms with Gasteiger partial charge in [0.15, 0.2) is 0 Å². The van der Waals surface area contributed by atoms with Gasteiger partial charge in [0, 0.05) is 39.2 Å². The molecule has 1 aromatic heterocycles. The zero-order chi connectivity index (χ0) is 47.1. The molecule has 0 aliphatic carbocycles. The summed E-state index contributed by atoms with van der Waals surface area (Å²) in [6.45, 7) is 0. The zero-order valence-electron chi connectivity index (χ0n) is 39.0. The molecule has 0 saturated heterocycles. The molecule has 0 amide bonds. The average Bonchev–Trinajstić information content (AvgIpc) is 3.78. The predicted molar refractivity (Wildman–Crippen MR) is 297 cm³/mol. The minimum absolute atomic E-state index is 0.593. The van der Waals surface area contributed by atoms with Crippen molar-refractivity contribution in [3.63, 3.8) is 0 Å². The van der Waals surface area contributed by atoms with E-state index < -0.39 is 5.41 Å². The third kappa shape index (κ3) is 6.99. The fraction of sp³-hybridized carbons (Fsp3) is 0.0149. The highest BCUT2D eigenvalue weighted by Gasteiger charge is 2.46. The first kappa shape index (κ1) is 41.8. The molecule has 0 unspecified atom stereocenters. The summed E-state index contributed by atoms with van der Waals surface area (Å²) in [5, 5.41) is 2.36. The van der Waals surface area contributed by atoms with Crippen LogP contribution >= 0.6 is 0 Å². The molecule has 12 aromatic rings. The van der Waals surface area contributed by atoms with Crippen LogP contribution in [0.15, 0.2) is 291 Å². The number of hydrogen-bond acceptors (Lipinski definition) is 3. The van der Waals surface area contributed by atoms with E-state index in [0.717, 1.165) is 67.9 Å². The molecule has 0 N–H and O–H groups in total. The Balaban J connectivity index is 1.09. The Labute approximate surface area is 414 Å². The van der Waals surface area contributed by atoms with Gasteiger partial charge >= 0.3 is 0 Å². The molecular weight excluding hydrogens is 861 g/mol. The molecular formula is C67H48N4. The van der Waals surface area contributed by atoms with Gasteiger partial charge in [-0.1, -0.05) is 188 Å². The Hall–Kier alpha value is -9.38. The molecule has 4 heteroatoms. The van der Waals surface area contributed by atoms with Gasteiger partial charge < -0.3 is 19.3 Å². The van der Waals surface area contributed by atoms with Crippen LogP contribution < -0.4 is 14.7 Å². The molecule has 0 bridgehead atoms. The number of benzene rings is 11. The number of aromatic nitrogens is 1. The summed E-state index contributed by atoms with van der Waals surface area (Å²) >= 11 is 0. The van der Waals surface area contributed by atoms with E-state index >= 15 is 0 Å². The molecule has 11 aromatic carbocycles. The summed E-state index contributed by atoms with van der Waals surface area (Å²) in [4.78, 5) is 7.23. The maximum Gasteiger partial charge on any atom is 0.0742 e. The quantitative estimate of drug-likeness (QED) is 0.136. The lowest BCUT2D eigenvalue weighted by Crippen LogP contribution is -2.37. The van der Waals surface area contributed by atoms with Crippen molar-refractivity contribution in [1.82, 2.24) is 4.57 Å². The Bertz CT molecular complexity index is 3650. The Kier molecular flexibility index (Phi) is 10.4. The minimum atomic E-state index is -0.593. The van der Waals surface area contributed by atoms with Gasteiger partial charge in [0.1, 0.15) is 0 Å².